The highest BCUT2D eigenvalue weighted by Gasteiger charge is 2.17. The normalized spacial score (nSPS) is 12.4. The van der Waals surface area contributed by atoms with E-state index in [1.807, 2.05) is 0 Å². The van der Waals surface area contributed by atoms with Crippen molar-refractivity contribution >= 4 is 11.6 Å². The fraction of sp³-hybridized carbons (Fsp3) is 0.200. The van der Waals surface area contributed by atoms with Crippen molar-refractivity contribution in [3.05, 3.63) is 63.9 Å². The molecule has 0 saturated heterocycles. The zero-order valence-corrected chi connectivity index (χ0v) is 12.0. The third-order valence-corrected chi connectivity index (χ3v) is 3.51. The van der Waals surface area contributed by atoms with Gasteiger partial charge in [0.25, 0.3) is 0 Å². The van der Waals surface area contributed by atoms with Crippen LogP contribution in [-0.2, 0) is 6.54 Å². The summed E-state index contributed by atoms with van der Waals surface area (Å²) >= 11 is 5.77. The van der Waals surface area contributed by atoms with E-state index in [0.717, 1.165) is 12.1 Å². The van der Waals surface area contributed by atoms with Gasteiger partial charge >= 0.3 is 0 Å². The van der Waals surface area contributed by atoms with E-state index in [2.05, 4.69) is 5.32 Å². The molecule has 3 nitrogen and oxygen atoms in total. The zero-order chi connectivity index (χ0) is 16.3. The Labute approximate surface area is 130 Å². The first-order valence-corrected chi connectivity index (χ1v) is 6.77. The van der Waals surface area contributed by atoms with Crippen LogP contribution in [0.1, 0.15) is 17.2 Å². The first-order chi connectivity index (χ1) is 10.4. The first kappa shape index (κ1) is 16.6. The average Bonchev–Trinajstić information content (AvgIpc) is 2.49. The molecule has 0 aromatic heterocycles. The summed E-state index contributed by atoms with van der Waals surface area (Å²) in [6.07, 6.45) is 0. The summed E-state index contributed by atoms with van der Waals surface area (Å²) < 4.78 is 39.4. The fourth-order valence-corrected chi connectivity index (χ4v) is 2.19. The summed E-state index contributed by atoms with van der Waals surface area (Å²) in [5.41, 5.74) is 0.509. The molecular formula is C15H13ClF3NO2. The highest BCUT2D eigenvalue weighted by molar-refractivity contribution is 6.32. The molecular weight excluding hydrogens is 319 g/mol. The van der Waals surface area contributed by atoms with Gasteiger partial charge in [-0.1, -0.05) is 23.7 Å². The van der Waals surface area contributed by atoms with E-state index < -0.39 is 30.1 Å². The molecule has 3 N–H and O–H groups in total. The Bertz CT molecular complexity index is 659. The number of para-hydroxylation sites is 1. The molecule has 0 heterocycles. The maximum Gasteiger partial charge on any atom is 0.194 e. The monoisotopic (exact) mass is 331 g/mol. The van der Waals surface area contributed by atoms with Crippen molar-refractivity contribution < 1.29 is 23.4 Å². The Hall–Kier alpha value is -1.76. The lowest BCUT2D eigenvalue weighted by molar-refractivity contribution is 0.242. The summed E-state index contributed by atoms with van der Waals surface area (Å²) in [7, 11) is 0. The standard InChI is InChI=1S/C15H13ClF3NO2/c16-10-3-1-2-8(15(10)22)6-20-13(7-21)9-4-11(17)14(19)12(18)5-9/h1-5,13,20-22H,6-7H2. The summed E-state index contributed by atoms with van der Waals surface area (Å²) in [5.74, 6) is -4.35. The minimum absolute atomic E-state index is 0.0559. The number of nitrogens with one attached hydrogen (secondary N) is 1. The number of halogens is 4. The van der Waals surface area contributed by atoms with Gasteiger partial charge in [0.2, 0.25) is 0 Å². The molecule has 0 amide bonds. The smallest absolute Gasteiger partial charge is 0.194 e. The molecule has 1 atom stereocenters. The number of phenols is 1. The van der Waals surface area contributed by atoms with Crippen LogP contribution in [0, 0.1) is 17.5 Å². The Morgan fingerprint density at radius 1 is 1.14 bits per heavy atom. The number of hydrogen-bond acceptors (Lipinski definition) is 3. The molecule has 0 saturated carbocycles. The SMILES string of the molecule is OCC(NCc1cccc(Cl)c1O)c1cc(F)c(F)c(F)c1. The van der Waals surface area contributed by atoms with E-state index in [1.54, 1.807) is 12.1 Å². The van der Waals surface area contributed by atoms with Gasteiger partial charge < -0.3 is 15.5 Å². The van der Waals surface area contributed by atoms with Crippen molar-refractivity contribution in [1.29, 1.82) is 0 Å². The predicted molar refractivity (Wildman–Crippen MR) is 76.1 cm³/mol. The fourth-order valence-electron chi connectivity index (χ4n) is 2.00. The first-order valence-electron chi connectivity index (χ1n) is 6.39. The Balaban J connectivity index is 2.18. The lowest BCUT2D eigenvalue weighted by atomic mass is 10.1. The lowest BCUT2D eigenvalue weighted by Crippen LogP contribution is -2.24. The number of rotatable bonds is 5. The van der Waals surface area contributed by atoms with Crippen molar-refractivity contribution in [2.75, 3.05) is 6.61 Å². The van der Waals surface area contributed by atoms with Gasteiger partial charge in [0.15, 0.2) is 17.5 Å². The molecule has 7 heteroatoms. The molecule has 0 aliphatic heterocycles. The van der Waals surface area contributed by atoms with Crippen molar-refractivity contribution in [2.45, 2.75) is 12.6 Å². The van der Waals surface area contributed by atoms with Crippen LogP contribution in [0.25, 0.3) is 0 Å². The third kappa shape index (κ3) is 3.52. The number of aliphatic hydroxyl groups is 1. The van der Waals surface area contributed by atoms with Gasteiger partial charge in [-0.25, -0.2) is 13.2 Å². The second-order valence-corrected chi connectivity index (χ2v) is 5.07. The van der Waals surface area contributed by atoms with Crippen LogP contribution in [0.15, 0.2) is 30.3 Å². The number of phenolic OH excluding ortho intramolecular Hbond substituents is 1. The van der Waals surface area contributed by atoms with Gasteiger partial charge in [-0.3, -0.25) is 0 Å². The number of hydrogen-bond donors (Lipinski definition) is 3. The largest absolute Gasteiger partial charge is 0.506 e. The third-order valence-electron chi connectivity index (χ3n) is 3.20. The maximum absolute atomic E-state index is 13.2. The molecule has 0 aliphatic carbocycles. The van der Waals surface area contributed by atoms with Gasteiger partial charge in [0.05, 0.1) is 17.7 Å². The minimum Gasteiger partial charge on any atom is -0.506 e. The van der Waals surface area contributed by atoms with E-state index in [4.69, 9.17) is 11.6 Å². The minimum atomic E-state index is -1.56. The summed E-state index contributed by atoms with van der Waals surface area (Å²) in [5, 5.41) is 22.1. The molecule has 2 aromatic carbocycles. The Morgan fingerprint density at radius 3 is 2.36 bits per heavy atom. The molecule has 118 valence electrons. The lowest BCUT2D eigenvalue weighted by Gasteiger charge is -2.18. The second-order valence-electron chi connectivity index (χ2n) is 4.66. The molecule has 0 spiro atoms. The van der Waals surface area contributed by atoms with E-state index in [0.29, 0.717) is 5.56 Å². The molecule has 2 rings (SSSR count). The average molecular weight is 332 g/mol. The summed E-state index contributed by atoms with van der Waals surface area (Å²) in [6, 6.07) is 5.53. The van der Waals surface area contributed by atoms with E-state index in [-0.39, 0.29) is 22.9 Å². The Morgan fingerprint density at radius 2 is 1.77 bits per heavy atom. The molecule has 22 heavy (non-hydrogen) atoms. The zero-order valence-electron chi connectivity index (χ0n) is 11.3. The highest BCUT2D eigenvalue weighted by atomic mass is 35.5. The van der Waals surface area contributed by atoms with E-state index in [1.165, 1.54) is 6.07 Å². The van der Waals surface area contributed by atoms with Crippen molar-refractivity contribution in [1.82, 2.24) is 5.32 Å². The number of benzene rings is 2. The molecule has 0 bridgehead atoms. The number of aromatic hydroxyl groups is 1. The second kappa shape index (κ2) is 7.00. The maximum atomic E-state index is 13.2. The van der Waals surface area contributed by atoms with Gasteiger partial charge in [0, 0.05) is 12.1 Å². The van der Waals surface area contributed by atoms with Crippen LogP contribution in [0.3, 0.4) is 0 Å². The van der Waals surface area contributed by atoms with E-state index in [9.17, 15) is 23.4 Å². The molecule has 2 aromatic rings. The quantitative estimate of drug-likeness (QED) is 0.737. The van der Waals surface area contributed by atoms with Crippen molar-refractivity contribution in [3.63, 3.8) is 0 Å². The van der Waals surface area contributed by atoms with Gasteiger partial charge in [-0.2, -0.15) is 0 Å². The van der Waals surface area contributed by atoms with Gasteiger partial charge in [0.1, 0.15) is 5.75 Å². The van der Waals surface area contributed by atoms with Crippen LogP contribution in [0.4, 0.5) is 13.2 Å². The van der Waals surface area contributed by atoms with Crippen LogP contribution in [0.5, 0.6) is 5.75 Å². The number of aliphatic hydroxyl groups excluding tert-OH is 1. The predicted octanol–water partition coefficient (Wildman–Crippen LogP) is 3.29. The topological polar surface area (TPSA) is 52.5 Å². The van der Waals surface area contributed by atoms with Crippen LogP contribution in [-0.4, -0.2) is 16.8 Å². The molecule has 0 aliphatic rings. The summed E-state index contributed by atoms with van der Waals surface area (Å²) in [6.45, 7) is -0.371. The van der Waals surface area contributed by atoms with Crippen molar-refractivity contribution in [2.24, 2.45) is 0 Å². The van der Waals surface area contributed by atoms with Crippen LogP contribution >= 0.6 is 11.6 Å². The Kier molecular flexibility index (Phi) is 5.28. The highest BCUT2D eigenvalue weighted by Crippen LogP contribution is 2.27. The summed E-state index contributed by atoms with van der Waals surface area (Å²) in [4.78, 5) is 0. The van der Waals surface area contributed by atoms with Crippen molar-refractivity contribution in [3.8, 4) is 5.75 Å². The van der Waals surface area contributed by atoms with Crippen LogP contribution < -0.4 is 5.32 Å². The van der Waals surface area contributed by atoms with Crippen LogP contribution in [0.2, 0.25) is 5.02 Å². The van der Waals surface area contributed by atoms with Gasteiger partial charge in [-0.05, 0) is 23.8 Å². The molecule has 0 radical (unpaired) electrons. The molecule has 1 unspecified atom stereocenters. The van der Waals surface area contributed by atoms with E-state index >= 15 is 0 Å². The van der Waals surface area contributed by atoms with Gasteiger partial charge in [-0.15, -0.1) is 0 Å². The molecule has 0 fully saturated rings.